The molecule has 10 heteroatoms. The van der Waals surface area contributed by atoms with Crippen LogP contribution in [0.5, 0.6) is 23.0 Å². The van der Waals surface area contributed by atoms with Gasteiger partial charge < -0.3 is 29.9 Å². The first-order chi connectivity index (χ1) is 23.1. The molecule has 4 N–H and O–H groups in total. The average Bonchev–Trinajstić information content (AvgIpc) is 3.05. The van der Waals surface area contributed by atoms with Crippen LogP contribution in [0.2, 0.25) is 0 Å². The lowest BCUT2D eigenvalue weighted by molar-refractivity contribution is -0.0431. The van der Waals surface area contributed by atoms with Crippen LogP contribution in [-0.2, 0) is 5.41 Å². The predicted molar refractivity (Wildman–Crippen MR) is 172 cm³/mol. The molecule has 0 aromatic heterocycles. The number of carboxylic acid groups (broad SMARTS) is 4. The first kappa shape index (κ1) is 31.0. The SMILES string of the molecule is O=C(O)c1ccc(Oc2ccccc2C2(c3ccccc3Oc3ccc(C(=O)O)c(C(=O)O)c3)C3CC4CC(C3)CC2C4)cc1C(=O)O. The summed E-state index contributed by atoms with van der Waals surface area (Å²) in [7, 11) is 0. The van der Waals surface area contributed by atoms with Gasteiger partial charge in [-0.2, -0.15) is 0 Å². The molecule has 244 valence electrons. The number of ether oxygens (including phenoxy) is 2. The zero-order chi connectivity index (χ0) is 33.7. The van der Waals surface area contributed by atoms with Gasteiger partial charge in [-0.05, 0) is 104 Å². The summed E-state index contributed by atoms with van der Waals surface area (Å²) in [6.45, 7) is 0. The van der Waals surface area contributed by atoms with Crippen LogP contribution in [0.4, 0.5) is 0 Å². The Bertz CT molecular complexity index is 1830. The van der Waals surface area contributed by atoms with E-state index >= 15 is 0 Å². The Labute approximate surface area is 275 Å². The van der Waals surface area contributed by atoms with Gasteiger partial charge in [-0.3, -0.25) is 0 Å². The van der Waals surface area contributed by atoms with Crippen molar-refractivity contribution in [1.82, 2.24) is 0 Å². The molecule has 0 saturated heterocycles. The normalized spacial score (nSPS) is 21.8. The molecular weight excluding hydrogens is 616 g/mol. The van der Waals surface area contributed by atoms with E-state index in [1.807, 2.05) is 48.5 Å². The van der Waals surface area contributed by atoms with Crippen LogP contribution in [-0.4, -0.2) is 44.3 Å². The molecule has 4 aliphatic rings. The fourth-order valence-electron chi connectivity index (χ4n) is 8.90. The van der Waals surface area contributed by atoms with E-state index in [0.717, 1.165) is 36.8 Å². The zero-order valence-electron chi connectivity index (χ0n) is 25.7. The Morgan fingerprint density at radius 3 is 1.25 bits per heavy atom. The lowest BCUT2D eigenvalue weighted by Crippen LogP contribution is -2.56. The van der Waals surface area contributed by atoms with Gasteiger partial charge in [0.15, 0.2) is 0 Å². The van der Waals surface area contributed by atoms with Crippen molar-refractivity contribution in [2.24, 2.45) is 23.7 Å². The molecule has 4 saturated carbocycles. The third-order valence-electron chi connectivity index (χ3n) is 10.5. The monoisotopic (exact) mass is 648 g/mol. The second-order valence-electron chi connectivity index (χ2n) is 13.0. The van der Waals surface area contributed by atoms with Crippen LogP contribution in [0.3, 0.4) is 0 Å². The summed E-state index contributed by atoms with van der Waals surface area (Å²) >= 11 is 0. The Hall–Kier alpha value is -5.64. The number of carbonyl (C=O) groups is 4. The molecule has 0 atom stereocenters. The maximum absolute atomic E-state index is 12.0. The predicted octanol–water partition coefficient (Wildman–Crippen LogP) is 7.81. The highest BCUT2D eigenvalue weighted by Crippen LogP contribution is 2.67. The first-order valence-corrected chi connectivity index (χ1v) is 15.8. The van der Waals surface area contributed by atoms with Crippen LogP contribution in [0, 0.1) is 23.7 Å². The highest BCUT2D eigenvalue weighted by Gasteiger charge is 2.60. The molecule has 48 heavy (non-hydrogen) atoms. The van der Waals surface area contributed by atoms with Gasteiger partial charge in [0.1, 0.15) is 23.0 Å². The van der Waals surface area contributed by atoms with E-state index in [2.05, 4.69) is 0 Å². The smallest absolute Gasteiger partial charge is 0.336 e. The number of hydrogen-bond acceptors (Lipinski definition) is 6. The van der Waals surface area contributed by atoms with Crippen molar-refractivity contribution in [1.29, 1.82) is 0 Å². The topological polar surface area (TPSA) is 168 Å². The minimum Gasteiger partial charge on any atom is -0.478 e. The molecule has 0 spiro atoms. The summed E-state index contributed by atoms with van der Waals surface area (Å²) in [5.74, 6) is -2.41. The van der Waals surface area contributed by atoms with Crippen molar-refractivity contribution in [2.75, 3.05) is 0 Å². The molecule has 10 nitrogen and oxygen atoms in total. The van der Waals surface area contributed by atoms with Gasteiger partial charge >= 0.3 is 23.9 Å². The quantitative estimate of drug-likeness (QED) is 0.133. The minimum atomic E-state index is -1.38. The van der Waals surface area contributed by atoms with E-state index in [1.165, 1.54) is 42.8 Å². The number of rotatable bonds is 10. The maximum Gasteiger partial charge on any atom is 0.336 e. The average molecular weight is 649 g/mol. The van der Waals surface area contributed by atoms with Gasteiger partial charge in [-0.15, -0.1) is 0 Å². The second-order valence-corrected chi connectivity index (χ2v) is 13.0. The van der Waals surface area contributed by atoms with Crippen LogP contribution in [0.25, 0.3) is 0 Å². The summed E-state index contributed by atoms with van der Waals surface area (Å²) in [5.41, 5.74) is -0.217. The summed E-state index contributed by atoms with van der Waals surface area (Å²) in [5, 5.41) is 38.5. The van der Waals surface area contributed by atoms with E-state index in [9.17, 15) is 39.6 Å². The third kappa shape index (κ3) is 5.13. The fraction of sp³-hybridized carbons (Fsp3) is 0.263. The van der Waals surface area contributed by atoms with Gasteiger partial charge in [-0.25, -0.2) is 19.2 Å². The van der Waals surface area contributed by atoms with E-state index in [0.29, 0.717) is 23.3 Å². The number of aromatic carboxylic acids is 4. The molecule has 4 aromatic rings. The molecular formula is C38H32O10. The Kier molecular flexibility index (Phi) is 7.66. The maximum atomic E-state index is 12.0. The van der Waals surface area contributed by atoms with E-state index in [1.54, 1.807) is 0 Å². The summed E-state index contributed by atoms with van der Waals surface area (Å²) in [4.78, 5) is 47.3. The third-order valence-corrected chi connectivity index (χ3v) is 10.5. The largest absolute Gasteiger partial charge is 0.478 e. The molecule has 0 radical (unpaired) electrons. The van der Waals surface area contributed by atoms with Crippen LogP contribution < -0.4 is 9.47 Å². The van der Waals surface area contributed by atoms with Gasteiger partial charge in [0, 0.05) is 16.5 Å². The fourth-order valence-corrected chi connectivity index (χ4v) is 8.90. The van der Waals surface area contributed by atoms with Crippen molar-refractivity contribution < 1.29 is 49.1 Å². The van der Waals surface area contributed by atoms with Crippen LogP contribution in [0.15, 0.2) is 84.9 Å². The van der Waals surface area contributed by atoms with Crippen LogP contribution >= 0.6 is 0 Å². The standard InChI is InChI=1S/C38H32O10/c39-34(40)26-11-9-24(18-28(26)36(43)44)47-32-7-3-1-5-30(32)38(22-14-20-13-21(16-22)17-23(38)15-20)31-6-2-4-8-33(31)48-25-10-12-27(35(41)42)29(19-25)37(45)46/h1-12,18-23H,13-17H2,(H,39,40)(H,41,42)(H,43,44)(H,45,46). The molecule has 8 rings (SSSR count). The van der Waals surface area contributed by atoms with Crippen LogP contribution in [0.1, 0.15) is 84.7 Å². The number of para-hydroxylation sites is 2. The molecule has 0 unspecified atom stereocenters. The number of carboxylic acids is 4. The van der Waals surface area contributed by atoms with Crippen molar-refractivity contribution in [3.63, 3.8) is 0 Å². The molecule has 4 aliphatic carbocycles. The molecule has 4 bridgehead atoms. The first-order valence-electron chi connectivity index (χ1n) is 15.8. The Balaban J connectivity index is 1.37. The van der Waals surface area contributed by atoms with Crippen molar-refractivity contribution in [2.45, 2.75) is 37.5 Å². The molecule has 4 aromatic carbocycles. The van der Waals surface area contributed by atoms with E-state index in [4.69, 9.17) is 9.47 Å². The zero-order valence-corrected chi connectivity index (χ0v) is 25.7. The molecule has 4 fully saturated rings. The Morgan fingerprint density at radius 1 is 0.500 bits per heavy atom. The van der Waals surface area contributed by atoms with Crippen molar-refractivity contribution in [3.05, 3.63) is 118 Å². The number of hydrogen-bond donors (Lipinski definition) is 4. The van der Waals surface area contributed by atoms with E-state index < -0.39 is 29.3 Å². The van der Waals surface area contributed by atoms with Gasteiger partial charge in [0.05, 0.1) is 22.3 Å². The van der Waals surface area contributed by atoms with Gasteiger partial charge in [-0.1, -0.05) is 36.4 Å². The number of benzene rings is 4. The molecule has 0 aliphatic heterocycles. The summed E-state index contributed by atoms with van der Waals surface area (Å²) < 4.78 is 12.9. The highest BCUT2D eigenvalue weighted by molar-refractivity contribution is 6.02. The minimum absolute atomic E-state index is 0.188. The summed E-state index contributed by atoms with van der Waals surface area (Å²) in [6.07, 6.45) is 5.22. The van der Waals surface area contributed by atoms with Gasteiger partial charge in [0.2, 0.25) is 0 Å². The van der Waals surface area contributed by atoms with E-state index in [-0.39, 0.29) is 45.6 Å². The van der Waals surface area contributed by atoms with Gasteiger partial charge in [0.25, 0.3) is 0 Å². The lowest BCUT2D eigenvalue weighted by Gasteiger charge is -2.62. The molecule has 0 amide bonds. The van der Waals surface area contributed by atoms with Crippen molar-refractivity contribution in [3.8, 4) is 23.0 Å². The van der Waals surface area contributed by atoms with Crippen molar-refractivity contribution >= 4 is 23.9 Å². The Morgan fingerprint density at radius 2 is 0.875 bits per heavy atom. The lowest BCUT2D eigenvalue weighted by atomic mass is 9.42. The second kappa shape index (κ2) is 11.9. The highest BCUT2D eigenvalue weighted by atomic mass is 16.5. The molecule has 0 heterocycles. The summed E-state index contributed by atoms with van der Waals surface area (Å²) in [6, 6.07) is 23.1.